The van der Waals surface area contributed by atoms with Crippen molar-refractivity contribution in [1.82, 2.24) is 0 Å². The van der Waals surface area contributed by atoms with Gasteiger partial charge in [-0.3, -0.25) is 9.59 Å². The number of rotatable bonds is 5. The first kappa shape index (κ1) is 19.5. The summed E-state index contributed by atoms with van der Waals surface area (Å²) in [6.07, 6.45) is 6.49. The number of ether oxygens (including phenoxy) is 2. The van der Waals surface area contributed by atoms with Gasteiger partial charge >= 0.3 is 0 Å². The lowest BCUT2D eigenvalue weighted by atomic mass is 9.81. The molecule has 5 rings (SSSR count). The van der Waals surface area contributed by atoms with Crippen LogP contribution in [0, 0.1) is 0 Å². The van der Waals surface area contributed by atoms with E-state index in [0.717, 1.165) is 17.7 Å². The van der Waals surface area contributed by atoms with Gasteiger partial charge < -0.3 is 14.8 Å². The summed E-state index contributed by atoms with van der Waals surface area (Å²) in [4.78, 5) is 30.4. The van der Waals surface area contributed by atoms with E-state index >= 15 is 0 Å². The Hall–Kier alpha value is -3.51. The van der Waals surface area contributed by atoms with E-state index in [9.17, 15) is 9.59 Å². The highest BCUT2D eigenvalue weighted by Gasteiger charge is 2.41. The average Bonchev–Trinajstić information content (AvgIpc) is 2.78. The van der Waals surface area contributed by atoms with Gasteiger partial charge in [0.1, 0.15) is 5.56 Å². The van der Waals surface area contributed by atoms with Crippen molar-refractivity contribution in [2.75, 3.05) is 25.6 Å². The van der Waals surface area contributed by atoms with Crippen LogP contribution >= 0.6 is 0 Å². The van der Waals surface area contributed by atoms with Crippen molar-refractivity contribution < 1.29 is 24.1 Å². The number of ketones is 2. The number of hydrogen-bond acceptors (Lipinski definition) is 5. The van der Waals surface area contributed by atoms with Crippen LogP contribution in [-0.2, 0) is 4.74 Å². The summed E-state index contributed by atoms with van der Waals surface area (Å²) in [5.74, 6) is 0.219. The lowest BCUT2D eigenvalue weighted by molar-refractivity contribution is -0.362. The van der Waals surface area contributed by atoms with E-state index in [0.29, 0.717) is 52.5 Å². The van der Waals surface area contributed by atoms with E-state index in [1.807, 2.05) is 31.2 Å². The molecule has 1 aliphatic heterocycles. The minimum absolute atomic E-state index is 0.161. The fourth-order valence-electron chi connectivity index (χ4n) is 4.26. The summed E-state index contributed by atoms with van der Waals surface area (Å²) in [7, 11) is 1.65. The third kappa shape index (κ3) is 3.20. The van der Waals surface area contributed by atoms with Gasteiger partial charge in [0.25, 0.3) is 5.69 Å². The van der Waals surface area contributed by atoms with E-state index in [2.05, 4.69) is 10.3 Å². The van der Waals surface area contributed by atoms with E-state index in [1.54, 1.807) is 31.4 Å². The lowest BCUT2D eigenvalue weighted by Gasteiger charge is -2.26. The van der Waals surface area contributed by atoms with Crippen molar-refractivity contribution in [1.29, 1.82) is 0 Å². The molecule has 1 unspecified atom stereocenters. The molecule has 1 heterocycles. The molecule has 0 radical (unpaired) electrons. The van der Waals surface area contributed by atoms with Crippen molar-refractivity contribution >= 4 is 28.7 Å². The lowest BCUT2D eigenvalue weighted by Crippen LogP contribution is -2.72. The zero-order valence-corrected chi connectivity index (χ0v) is 17.5. The number of hydrogen-bond donors (Lipinski definition) is 2. The van der Waals surface area contributed by atoms with Crippen LogP contribution < -0.4 is 15.0 Å². The highest BCUT2D eigenvalue weighted by atomic mass is 16.5. The number of methoxy groups -OCH3 is 1. The number of fused-ring (bicyclic) bond motifs is 5. The Morgan fingerprint density at radius 3 is 2.58 bits per heavy atom. The van der Waals surface area contributed by atoms with Crippen LogP contribution in [0.4, 0.5) is 11.4 Å². The van der Waals surface area contributed by atoms with Crippen molar-refractivity contribution in [3.63, 3.8) is 0 Å². The number of benzene rings is 2. The summed E-state index contributed by atoms with van der Waals surface area (Å²) in [5.41, 5.74) is 4.71. The van der Waals surface area contributed by atoms with E-state index < -0.39 is 0 Å². The molecule has 1 atom stereocenters. The highest BCUT2D eigenvalue weighted by molar-refractivity contribution is 6.32. The molecule has 6 nitrogen and oxygen atoms in total. The van der Waals surface area contributed by atoms with E-state index in [-0.39, 0.29) is 17.7 Å². The Balaban J connectivity index is 1.68. The molecule has 6 heteroatoms. The largest absolute Gasteiger partial charge is 0.468 e. The molecule has 156 valence electrons. The van der Waals surface area contributed by atoms with Gasteiger partial charge in [0, 0.05) is 43.5 Å². The molecule has 0 amide bonds. The van der Waals surface area contributed by atoms with Gasteiger partial charge in [-0.15, -0.1) is 0 Å². The van der Waals surface area contributed by atoms with Gasteiger partial charge in [0.15, 0.2) is 11.5 Å². The molecular weight excluding hydrogens is 392 g/mol. The maximum absolute atomic E-state index is 13.5. The summed E-state index contributed by atoms with van der Waals surface area (Å²) in [5, 5.41) is 3.32. The minimum atomic E-state index is -0.251. The summed E-state index contributed by atoms with van der Waals surface area (Å²) < 4.78 is 11.4. The Kier molecular flexibility index (Phi) is 4.79. The molecule has 2 aromatic rings. The van der Waals surface area contributed by atoms with Gasteiger partial charge in [-0.25, -0.2) is 4.99 Å². The van der Waals surface area contributed by atoms with Gasteiger partial charge in [-0.05, 0) is 19.4 Å². The molecule has 0 saturated carbocycles. The molecular formula is C25H23N2O4+. The summed E-state index contributed by atoms with van der Waals surface area (Å²) >= 11 is 0. The maximum Gasteiger partial charge on any atom is 0.258 e. The third-order valence-corrected chi connectivity index (χ3v) is 5.77. The zero-order valence-electron chi connectivity index (χ0n) is 17.5. The molecule has 2 aliphatic carbocycles. The van der Waals surface area contributed by atoms with Crippen molar-refractivity contribution in [2.45, 2.75) is 19.4 Å². The highest BCUT2D eigenvalue weighted by Crippen LogP contribution is 2.41. The second-order valence-corrected chi connectivity index (χ2v) is 7.89. The predicted octanol–water partition coefficient (Wildman–Crippen LogP) is 2.34. The van der Waals surface area contributed by atoms with Gasteiger partial charge in [0.2, 0.25) is 17.6 Å². The predicted molar refractivity (Wildman–Crippen MR) is 118 cm³/mol. The monoisotopic (exact) mass is 415 g/mol. The van der Waals surface area contributed by atoms with Crippen LogP contribution in [0.2, 0.25) is 0 Å². The van der Waals surface area contributed by atoms with E-state index in [1.165, 1.54) is 0 Å². The first-order valence-corrected chi connectivity index (χ1v) is 10.4. The van der Waals surface area contributed by atoms with Gasteiger partial charge in [-0.1, -0.05) is 35.9 Å². The Labute approximate surface area is 180 Å². The fraction of sp³-hybridized carbons (Fsp3) is 0.240. The number of anilines is 1. The molecule has 0 bridgehead atoms. The second kappa shape index (κ2) is 7.63. The average molecular weight is 415 g/mol. The first-order chi connectivity index (χ1) is 15.1. The van der Waals surface area contributed by atoms with Gasteiger partial charge in [0.05, 0.1) is 11.3 Å². The number of carbonyl (C=O) groups is 2. The number of nitrogens with one attached hydrogen (secondary N) is 2. The molecule has 31 heavy (non-hydrogen) atoms. The SMILES string of the molecule is COCCCNc1cc2c(c3c1C(=O)c1ccccc1C3=O)[NH+]=C1C=CC(C)=CC1O2. The van der Waals surface area contributed by atoms with Crippen LogP contribution in [0.15, 0.2) is 54.1 Å². The quantitative estimate of drug-likeness (QED) is 0.626. The molecule has 3 aliphatic rings. The zero-order chi connectivity index (χ0) is 21.5. The van der Waals surface area contributed by atoms with Crippen molar-refractivity contribution in [2.24, 2.45) is 0 Å². The van der Waals surface area contributed by atoms with Crippen LogP contribution in [0.3, 0.4) is 0 Å². The number of allylic oxidation sites excluding steroid dienone is 2. The first-order valence-electron chi connectivity index (χ1n) is 10.4. The smallest absolute Gasteiger partial charge is 0.258 e. The van der Waals surface area contributed by atoms with Crippen LogP contribution in [0.25, 0.3) is 0 Å². The van der Waals surface area contributed by atoms with Crippen LogP contribution in [-0.4, -0.2) is 43.6 Å². The molecule has 0 fully saturated rings. The third-order valence-electron chi connectivity index (χ3n) is 5.77. The molecule has 0 spiro atoms. The Morgan fingerprint density at radius 2 is 1.84 bits per heavy atom. The molecule has 0 aromatic heterocycles. The summed E-state index contributed by atoms with van der Waals surface area (Å²) in [6.45, 7) is 3.23. The standard InChI is InChI=1S/C25H22N2O4/c1-14-8-9-17-19(12-14)31-20-13-18(26-10-5-11-30-2)21-22(23(20)27-17)25(29)16-7-4-3-6-15(16)24(21)28/h3-4,6-9,12-13,19,26H,5,10-11H2,1-2H3/p+1. The van der Waals surface area contributed by atoms with E-state index in [4.69, 9.17) is 9.47 Å². The topological polar surface area (TPSA) is 78.6 Å². The fourth-order valence-corrected chi connectivity index (χ4v) is 4.26. The summed E-state index contributed by atoms with van der Waals surface area (Å²) in [6, 6.07) is 8.79. The maximum atomic E-state index is 13.5. The van der Waals surface area contributed by atoms with Gasteiger partial charge in [-0.2, -0.15) is 0 Å². The number of carbonyl (C=O) groups excluding carboxylic acids is 2. The Bertz CT molecular complexity index is 1210. The molecule has 0 saturated heterocycles. The second-order valence-electron chi connectivity index (χ2n) is 7.89. The molecule has 2 N–H and O–H groups in total. The van der Waals surface area contributed by atoms with Crippen LogP contribution in [0.5, 0.6) is 5.75 Å². The minimum Gasteiger partial charge on any atom is -0.468 e. The molecule has 2 aromatic carbocycles. The van der Waals surface area contributed by atoms with Crippen molar-refractivity contribution in [3.8, 4) is 5.75 Å². The Morgan fingerprint density at radius 1 is 1.10 bits per heavy atom. The van der Waals surface area contributed by atoms with Crippen LogP contribution in [0.1, 0.15) is 45.2 Å². The normalized spacial score (nSPS) is 18.2. The van der Waals surface area contributed by atoms with Crippen molar-refractivity contribution in [3.05, 3.63) is 76.4 Å².